The topological polar surface area (TPSA) is 78.9 Å². The average Bonchev–Trinajstić information content (AvgIpc) is 2.17. The number of hydrogen-bond acceptors (Lipinski definition) is 4. The maximum absolute atomic E-state index is 7.23. The van der Waals surface area contributed by atoms with Crippen LogP contribution in [0, 0.1) is 12.3 Å². The van der Waals surface area contributed by atoms with Crippen LogP contribution in [-0.2, 0) is 0 Å². The Morgan fingerprint density at radius 3 is 2.67 bits per heavy atom. The first-order chi connectivity index (χ1) is 7.00. The third-order valence-corrected chi connectivity index (χ3v) is 2.32. The maximum Gasteiger partial charge on any atom is 0.151 e. The molecule has 3 N–H and O–H groups in total. The van der Waals surface area contributed by atoms with Crippen LogP contribution in [-0.4, -0.2) is 29.1 Å². The summed E-state index contributed by atoms with van der Waals surface area (Å²) in [5.74, 6) is 0.990. The van der Waals surface area contributed by atoms with Crippen LogP contribution >= 0.6 is 0 Å². The van der Waals surface area contributed by atoms with Gasteiger partial charge in [-0.05, 0) is 26.0 Å². The molecule has 1 heterocycles. The van der Waals surface area contributed by atoms with E-state index in [0.29, 0.717) is 6.42 Å². The number of hydrogen-bond donors (Lipinski definition) is 2. The highest BCUT2D eigenvalue weighted by Gasteiger charge is 2.12. The predicted molar refractivity (Wildman–Crippen MR) is 61.2 cm³/mol. The minimum absolute atomic E-state index is 0.152. The smallest absolute Gasteiger partial charge is 0.151 e. The van der Waals surface area contributed by atoms with E-state index in [0.717, 1.165) is 11.5 Å². The molecule has 1 rings (SSSR count). The monoisotopic (exact) mass is 207 g/mol. The van der Waals surface area contributed by atoms with Crippen LogP contribution in [0.3, 0.4) is 0 Å². The number of nitrogens with zero attached hydrogens (tertiary/aromatic N) is 3. The van der Waals surface area contributed by atoms with E-state index in [2.05, 4.69) is 10.2 Å². The summed E-state index contributed by atoms with van der Waals surface area (Å²) >= 11 is 0. The van der Waals surface area contributed by atoms with Gasteiger partial charge >= 0.3 is 0 Å². The summed E-state index contributed by atoms with van der Waals surface area (Å²) in [4.78, 5) is 1.97. The fourth-order valence-corrected chi connectivity index (χ4v) is 1.26. The standard InChI is InChI=1S/C10H17N5/c1-7-4-5-10(14-13-7)15(3)8(2)6-9(11)12/h4-5,8H,6H2,1-3H3,(H3,11,12). The molecule has 5 nitrogen and oxygen atoms in total. The molecule has 1 atom stereocenters. The largest absolute Gasteiger partial charge is 0.388 e. The van der Waals surface area contributed by atoms with Crippen molar-refractivity contribution >= 4 is 11.7 Å². The van der Waals surface area contributed by atoms with Gasteiger partial charge in [0.05, 0.1) is 11.5 Å². The normalized spacial score (nSPS) is 12.2. The third kappa shape index (κ3) is 3.19. The van der Waals surface area contributed by atoms with Crippen LogP contribution in [0.2, 0.25) is 0 Å². The van der Waals surface area contributed by atoms with E-state index in [4.69, 9.17) is 11.1 Å². The molecule has 0 bridgehead atoms. The molecule has 0 aliphatic heterocycles. The summed E-state index contributed by atoms with van der Waals surface area (Å²) in [7, 11) is 1.92. The Morgan fingerprint density at radius 2 is 2.20 bits per heavy atom. The van der Waals surface area contributed by atoms with Gasteiger partial charge in [-0.1, -0.05) is 0 Å². The molecule has 1 unspecified atom stereocenters. The van der Waals surface area contributed by atoms with Crippen molar-refractivity contribution in [2.45, 2.75) is 26.3 Å². The van der Waals surface area contributed by atoms with Crippen molar-refractivity contribution in [3.8, 4) is 0 Å². The summed E-state index contributed by atoms with van der Waals surface area (Å²) in [5.41, 5.74) is 6.25. The minimum Gasteiger partial charge on any atom is -0.388 e. The second-order valence-electron chi connectivity index (χ2n) is 3.72. The lowest BCUT2D eigenvalue weighted by molar-refractivity contribution is 0.692. The van der Waals surface area contributed by atoms with Gasteiger partial charge in [-0.2, -0.15) is 5.10 Å². The molecule has 0 aliphatic carbocycles. The van der Waals surface area contributed by atoms with Crippen molar-refractivity contribution in [3.05, 3.63) is 17.8 Å². The van der Waals surface area contributed by atoms with Gasteiger partial charge in [-0.25, -0.2) is 0 Å². The molecule has 1 aromatic rings. The van der Waals surface area contributed by atoms with Crippen LogP contribution in [0.15, 0.2) is 12.1 Å². The summed E-state index contributed by atoms with van der Waals surface area (Å²) in [5, 5.41) is 15.3. The van der Waals surface area contributed by atoms with E-state index in [1.165, 1.54) is 0 Å². The summed E-state index contributed by atoms with van der Waals surface area (Å²) in [6.45, 7) is 3.90. The Morgan fingerprint density at radius 1 is 1.53 bits per heavy atom. The lowest BCUT2D eigenvalue weighted by Gasteiger charge is -2.24. The zero-order valence-corrected chi connectivity index (χ0v) is 9.36. The number of amidine groups is 1. The van der Waals surface area contributed by atoms with Gasteiger partial charge in [-0.15, -0.1) is 5.10 Å². The Labute approximate surface area is 89.8 Å². The van der Waals surface area contributed by atoms with Crippen LogP contribution in [0.4, 0.5) is 5.82 Å². The Kier molecular flexibility index (Phi) is 3.60. The van der Waals surface area contributed by atoms with Crippen LogP contribution in [0.5, 0.6) is 0 Å². The first kappa shape index (κ1) is 11.4. The highest BCUT2D eigenvalue weighted by molar-refractivity contribution is 5.77. The van der Waals surface area contributed by atoms with Gasteiger partial charge in [-0.3, -0.25) is 5.41 Å². The fourth-order valence-electron chi connectivity index (χ4n) is 1.26. The Balaban J connectivity index is 2.71. The third-order valence-electron chi connectivity index (χ3n) is 2.32. The highest BCUT2D eigenvalue weighted by atomic mass is 15.3. The SMILES string of the molecule is Cc1ccc(N(C)C(C)CC(=N)N)nn1. The molecule has 0 saturated heterocycles. The van der Waals surface area contributed by atoms with Crippen LogP contribution in [0.1, 0.15) is 19.0 Å². The molecular weight excluding hydrogens is 190 g/mol. The zero-order chi connectivity index (χ0) is 11.4. The molecule has 0 aliphatic rings. The number of aromatic nitrogens is 2. The summed E-state index contributed by atoms with van der Waals surface area (Å²) in [6.07, 6.45) is 0.534. The second kappa shape index (κ2) is 4.72. The number of nitrogens with two attached hydrogens (primary N) is 1. The van der Waals surface area contributed by atoms with E-state index in [9.17, 15) is 0 Å². The number of nitrogens with one attached hydrogen (secondary N) is 1. The fraction of sp³-hybridized carbons (Fsp3) is 0.500. The quantitative estimate of drug-likeness (QED) is 0.568. The molecule has 82 valence electrons. The Bertz CT molecular complexity index is 332. The van der Waals surface area contributed by atoms with E-state index in [1.54, 1.807) is 0 Å². The van der Waals surface area contributed by atoms with E-state index in [-0.39, 0.29) is 11.9 Å². The van der Waals surface area contributed by atoms with Gasteiger partial charge in [0.1, 0.15) is 0 Å². The number of rotatable bonds is 4. The van der Waals surface area contributed by atoms with Gasteiger partial charge in [0, 0.05) is 19.5 Å². The summed E-state index contributed by atoms with van der Waals surface area (Å²) in [6, 6.07) is 3.98. The lowest BCUT2D eigenvalue weighted by Crippen LogP contribution is -2.33. The van der Waals surface area contributed by atoms with Gasteiger partial charge in [0.2, 0.25) is 0 Å². The van der Waals surface area contributed by atoms with Crippen molar-refractivity contribution in [1.29, 1.82) is 5.41 Å². The van der Waals surface area contributed by atoms with Crippen molar-refractivity contribution in [1.82, 2.24) is 10.2 Å². The lowest BCUT2D eigenvalue weighted by atomic mass is 10.2. The molecule has 0 fully saturated rings. The van der Waals surface area contributed by atoms with Gasteiger partial charge in [0.25, 0.3) is 0 Å². The van der Waals surface area contributed by atoms with Crippen molar-refractivity contribution in [3.63, 3.8) is 0 Å². The molecular formula is C10H17N5. The minimum atomic E-state index is 0.152. The molecule has 0 saturated carbocycles. The molecule has 0 aromatic carbocycles. The Hall–Kier alpha value is -1.65. The summed E-state index contributed by atoms with van der Waals surface area (Å²) < 4.78 is 0. The molecule has 0 spiro atoms. The maximum atomic E-state index is 7.23. The van der Waals surface area contributed by atoms with Crippen molar-refractivity contribution in [2.75, 3.05) is 11.9 Å². The second-order valence-corrected chi connectivity index (χ2v) is 3.72. The molecule has 15 heavy (non-hydrogen) atoms. The zero-order valence-electron chi connectivity index (χ0n) is 9.36. The number of anilines is 1. The number of aryl methyl sites for hydroxylation is 1. The van der Waals surface area contributed by atoms with Gasteiger partial charge < -0.3 is 10.6 Å². The molecule has 1 aromatic heterocycles. The molecule has 5 heteroatoms. The predicted octanol–water partition coefficient (Wildman–Crippen LogP) is 0.936. The van der Waals surface area contributed by atoms with E-state index < -0.39 is 0 Å². The van der Waals surface area contributed by atoms with Gasteiger partial charge in [0.15, 0.2) is 5.82 Å². The van der Waals surface area contributed by atoms with E-state index in [1.807, 2.05) is 37.9 Å². The first-order valence-electron chi connectivity index (χ1n) is 4.86. The first-order valence-corrected chi connectivity index (χ1v) is 4.86. The van der Waals surface area contributed by atoms with Crippen LogP contribution < -0.4 is 10.6 Å². The van der Waals surface area contributed by atoms with Crippen LogP contribution in [0.25, 0.3) is 0 Å². The highest BCUT2D eigenvalue weighted by Crippen LogP contribution is 2.12. The van der Waals surface area contributed by atoms with E-state index >= 15 is 0 Å². The molecule has 0 radical (unpaired) electrons. The average molecular weight is 207 g/mol. The molecule has 0 amide bonds. The van der Waals surface area contributed by atoms with Crippen molar-refractivity contribution < 1.29 is 0 Å². The van der Waals surface area contributed by atoms with Crippen molar-refractivity contribution in [2.24, 2.45) is 5.73 Å².